The molecule has 0 saturated heterocycles. The zero-order valence-electron chi connectivity index (χ0n) is 14.2. The maximum Gasteiger partial charge on any atom is 0.230 e. The van der Waals surface area contributed by atoms with Crippen LogP contribution in [0.1, 0.15) is 25.0 Å². The van der Waals surface area contributed by atoms with Gasteiger partial charge in [0.2, 0.25) is 5.91 Å². The van der Waals surface area contributed by atoms with Crippen LogP contribution in [-0.2, 0) is 16.8 Å². The van der Waals surface area contributed by atoms with E-state index in [2.05, 4.69) is 10.3 Å². The molecule has 5 heteroatoms. The Morgan fingerprint density at radius 2 is 1.80 bits per heavy atom. The van der Waals surface area contributed by atoms with Crippen LogP contribution in [0.2, 0.25) is 0 Å². The summed E-state index contributed by atoms with van der Waals surface area (Å²) < 4.78 is 15.0. The van der Waals surface area contributed by atoms with Gasteiger partial charge in [-0.15, -0.1) is 0 Å². The summed E-state index contributed by atoms with van der Waals surface area (Å²) in [4.78, 5) is 16.6. The number of rotatable bonds is 5. The van der Waals surface area contributed by atoms with E-state index in [0.717, 1.165) is 16.8 Å². The Hall–Kier alpha value is -2.95. The number of hydrogen-bond acceptors (Lipinski definition) is 2. The van der Waals surface area contributed by atoms with E-state index in [1.54, 1.807) is 24.7 Å². The summed E-state index contributed by atoms with van der Waals surface area (Å²) in [5, 5.41) is 2.95. The first-order chi connectivity index (χ1) is 12.0. The Labute approximate surface area is 146 Å². The highest BCUT2D eigenvalue weighted by Crippen LogP contribution is 2.23. The highest BCUT2D eigenvalue weighted by Gasteiger charge is 2.29. The Morgan fingerprint density at radius 3 is 2.40 bits per heavy atom. The zero-order chi connectivity index (χ0) is 17.9. The number of nitrogens with zero attached hydrogens (tertiary/aromatic N) is 2. The molecule has 0 fully saturated rings. The van der Waals surface area contributed by atoms with Crippen LogP contribution in [0.15, 0.2) is 67.3 Å². The number of benzene rings is 2. The van der Waals surface area contributed by atoms with Crippen molar-refractivity contribution in [3.8, 4) is 5.69 Å². The first kappa shape index (κ1) is 16.9. The molecule has 128 valence electrons. The highest BCUT2D eigenvalue weighted by molar-refractivity contribution is 5.87. The standard InChI is InChI=1S/C20H20FN3O/c1-20(2,16-5-7-17(21)8-6-16)19(25)23-13-15-3-9-18(10-4-15)24-12-11-22-14-24/h3-12,14H,13H2,1-2H3,(H,23,25). The molecule has 0 aliphatic heterocycles. The van der Waals surface area contributed by atoms with E-state index in [1.807, 2.05) is 48.9 Å². The monoisotopic (exact) mass is 337 g/mol. The van der Waals surface area contributed by atoms with Gasteiger partial charge in [-0.05, 0) is 49.2 Å². The fourth-order valence-corrected chi connectivity index (χ4v) is 2.60. The first-order valence-electron chi connectivity index (χ1n) is 8.08. The predicted octanol–water partition coefficient (Wildman–Crippen LogP) is 3.61. The van der Waals surface area contributed by atoms with Gasteiger partial charge in [-0.3, -0.25) is 4.79 Å². The van der Waals surface area contributed by atoms with Crippen molar-refractivity contribution < 1.29 is 9.18 Å². The van der Waals surface area contributed by atoms with E-state index in [0.29, 0.717) is 6.54 Å². The fourth-order valence-electron chi connectivity index (χ4n) is 2.60. The van der Waals surface area contributed by atoms with Gasteiger partial charge < -0.3 is 9.88 Å². The molecule has 1 heterocycles. The van der Waals surface area contributed by atoms with Crippen molar-refractivity contribution in [3.63, 3.8) is 0 Å². The Balaban J connectivity index is 1.64. The maximum atomic E-state index is 13.1. The molecular weight excluding hydrogens is 317 g/mol. The van der Waals surface area contributed by atoms with Gasteiger partial charge in [0.25, 0.3) is 0 Å². The molecular formula is C20H20FN3O. The summed E-state index contributed by atoms with van der Waals surface area (Å²) in [7, 11) is 0. The number of halogens is 1. The van der Waals surface area contributed by atoms with Crippen molar-refractivity contribution in [2.45, 2.75) is 25.8 Å². The van der Waals surface area contributed by atoms with E-state index < -0.39 is 5.41 Å². The Kier molecular flexibility index (Phi) is 4.65. The molecule has 0 atom stereocenters. The molecule has 3 rings (SSSR count). The van der Waals surface area contributed by atoms with Gasteiger partial charge in [0.05, 0.1) is 11.7 Å². The van der Waals surface area contributed by atoms with Crippen LogP contribution in [-0.4, -0.2) is 15.5 Å². The second-order valence-electron chi connectivity index (χ2n) is 6.45. The van der Waals surface area contributed by atoms with Gasteiger partial charge in [0.15, 0.2) is 0 Å². The number of carbonyl (C=O) groups excluding carboxylic acids is 1. The molecule has 1 N–H and O–H groups in total. The molecule has 0 aliphatic carbocycles. The van der Waals surface area contributed by atoms with Crippen molar-refractivity contribution >= 4 is 5.91 Å². The summed E-state index contributed by atoms with van der Waals surface area (Å²) in [5.41, 5.74) is 2.07. The van der Waals surface area contributed by atoms with Crippen LogP contribution in [0, 0.1) is 5.82 Å². The molecule has 25 heavy (non-hydrogen) atoms. The molecule has 0 saturated carbocycles. The summed E-state index contributed by atoms with van der Waals surface area (Å²) in [6, 6.07) is 14.0. The quantitative estimate of drug-likeness (QED) is 0.773. The van der Waals surface area contributed by atoms with E-state index in [-0.39, 0.29) is 11.7 Å². The molecule has 0 radical (unpaired) electrons. The highest BCUT2D eigenvalue weighted by atomic mass is 19.1. The van der Waals surface area contributed by atoms with Crippen molar-refractivity contribution in [2.75, 3.05) is 0 Å². The molecule has 0 bridgehead atoms. The summed E-state index contributed by atoms with van der Waals surface area (Å²) in [6.45, 7) is 4.10. The lowest BCUT2D eigenvalue weighted by Gasteiger charge is -2.24. The molecule has 4 nitrogen and oxygen atoms in total. The number of amides is 1. The second-order valence-corrected chi connectivity index (χ2v) is 6.45. The molecule has 3 aromatic rings. The van der Waals surface area contributed by atoms with Gasteiger partial charge in [0.1, 0.15) is 5.82 Å². The lowest BCUT2D eigenvalue weighted by Crippen LogP contribution is -2.39. The van der Waals surface area contributed by atoms with Crippen LogP contribution in [0.5, 0.6) is 0 Å². The normalized spacial score (nSPS) is 11.3. The van der Waals surface area contributed by atoms with Gasteiger partial charge in [0, 0.05) is 24.6 Å². The van der Waals surface area contributed by atoms with Gasteiger partial charge in [-0.1, -0.05) is 24.3 Å². The van der Waals surface area contributed by atoms with Crippen LogP contribution >= 0.6 is 0 Å². The lowest BCUT2D eigenvalue weighted by molar-refractivity contribution is -0.125. The Morgan fingerprint density at radius 1 is 1.12 bits per heavy atom. The minimum Gasteiger partial charge on any atom is -0.351 e. The van der Waals surface area contributed by atoms with Crippen molar-refractivity contribution in [1.82, 2.24) is 14.9 Å². The average Bonchev–Trinajstić information content (AvgIpc) is 3.15. The number of carbonyl (C=O) groups is 1. The molecule has 2 aromatic carbocycles. The SMILES string of the molecule is CC(C)(C(=O)NCc1ccc(-n2ccnc2)cc1)c1ccc(F)cc1. The molecule has 0 aliphatic rings. The van der Waals surface area contributed by atoms with E-state index in [1.165, 1.54) is 12.1 Å². The van der Waals surface area contributed by atoms with Crippen molar-refractivity contribution in [1.29, 1.82) is 0 Å². The molecule has 0 unspecified atom stereocenters. The van der Waals surface area contributed by atoms with E-state index in [4.69, 9.17) is 0 Å². The van der Waals surface area contributed by atoms with Crippen molar-refractivity contribution in [3.05, 3.63) is 84.2 Å². The average molecular weight is 337 g/mol. The Bertz CT molecular complexity index is 838. The van der Waals surface area contributed by atoms with E-state index >= 15 is 0 Å². The van der Waals surface area contributed by atoms with Crippen LogP contribution in [0.3, 0.4) is 0 Å². The largest absolute Gasteiger partial charge is 0.351 e. The summed E-state index contributed by atoms with van der Waals surface area (Å²) >= 11 is 0. The minimum absolute atomic E-state index is 0.0993. The topological polar surface area (TPSA) is 46.9 Å². The molecule has 1 aromatic heterocycles. The third-order valence-corrected chi connectivity index (χ3v) is 4.33. The summed E-state index contributed by atoms with van der Waals surface area (Å²) in [6.07, 6.45) is 5.34. The lowest BCUT2D eigenvalue weighted by atomic mass is 9.83. The minimum atomic E-state index is -0.732. The first-order valence-corrected chi connectivity index (χ1v) is 8.08. The van der Waals surface area contributed by atoms with Crippen LogP contribution in [0.25, 0.3) is 5.69 Å². The van der Waals surface area contributed by atoms with E-state index in [9.17, 15) is 9.18 Å². The molecule has 1 amide bonds. The predicted molar refractivity (Wildman–Crippen MR) is 94.8 cm³/mol. The maximum absolute atomic E-state index is 13.1. The second kappa shape index (κ2) is 6.89. The third kappa shape index (κ3) is 3.76. The molecule has 0 spiro atoms. The summed E-state index contributed by atoms with van der Waals surface area (Å²) in [5.74, 6) is -0.407. The third-order valence-electron chi connectivity index (χ3n) is 4.33. The fraction of sp³-hybridized carbons (Fsp3) is 0.200. The van der Waals surface area contributed by atoms with Crippen LogP contribution in [0.4, 0.5) is 4.39 Å². The number of nitrogens with one attached hydrogen (secondary N) is 1. The zero-order valence-corrected chi connectivity index (χ0v) is 14.2. The smallest absolute Gasteiger partial charge is 0.230 e. The number of aromatic nitrogens is 2. The van der Waals surface area contributed by atoms with Crippen LogP contribution < -0.4 is 5.32 Å². The van der Waals surface area contributed by atoms with Gasteiger partial charge in [-0.25, -0.2) is 9.37 Å². The van der Waals surface area contributed by atoms with Crippen molar-refractivity contribution in [2.24, 2.45) is 0 Å². The van der Waals surface area contributed by atoms with Gasteiger partial charge in [-0.2, -0.15) is 0 Å². The number of imidazole rings is 1. The van der Waals surface area contributed by atoms with Gasteiger partial charge >= 0.3 is 0 Å². The number of hydrogen-bond donors (Lipinski definition) is 1.